The third-order valence-corrected chi connectivity index (χ3v) is 7.33. The molecule has 0 saturated heterocycles. The van der Waals surface area contributed by atoms with Crippen LogP contribution in [0.4, 0.5) is 10.8 Å². The van der Waals surface area contributed by atoms with Gasteiger partial charge in [-0.15, -0.1) is 0 Å². The summed E-state index contributed by atoms with van der Waals surface area (Å²) in [6.07, 6.45) is -0.232. The highest BCUT2D eigenvalue weighted by Crippen LogP contribution is 2.40. The summed E-state index contributed by atoms with van der Waals surface area (Å²) >= 11 is 1.32. The second-order valence-corrected chi connectivity index (χ2v) is 9.91. The summed E-state index contributed by atoms with van der Waals surface area (Å²) in [6, 6.07) is 31.7. The zero-order chi connectivity index (χ0) is 28.8. The fraction of sp³-hybridized carbons (Fsp3) is 0.0645. The molecule has 0 radical (unpaired) electrons. The zero-order valence-corrected chi connectivity index (χ0v) is 22.7. The highest BCUT2D eigenvalue weighted by atomic mass is 32.1. The average Bonchev–Trinajstić information content (AvgIpc) is 3.44. The number of nitrogens with zero attached hydrogens (tertiary/aromatic N) is 3. The summed E-state index contributed by atoms with van der Waals surface area (Å²) in [4.78, 5) is 28.4. The van der Waals surface area contributed by atoms with Gasteiger partial charge >= 0.3 is 5.97 Å². The van der Waals surface area contributed by atoms with Crippen LogP contribution in [0.5, 0.6) is 5.75 Å². The number of aliphatic carboxylic acids is 1. The molecule has 0 atom stereocenters. The van der Waals surface area contributed by atoms with E-state index in [1.165, 1.54) is 29.5 Å². The lowest BCUT2D eigenvalue weighted by atomic mass is 10.0. The Balaban J connectivity index is 1.49. The molecule has 0 amide bonds. The fourth-order valence-electron chi connectivity index (χ4n) is 4.25. The summed E-state index contributed by atoms with van der Waals surface area (Å²) in [5, 5.41) is 25.6. The molecule has 4 aromatic carbocycles. The number of hydrogen-bond acceptors (Lipinski definition) is 8. The van der Waals surface area contributed by atoms with Gasteiger partial charge < -0.3 is 9.84 Å². The van der Waals surface area contributed by atoms with Crippen LogP contribution in [0.3, 0.4) is 0 Å². The van der Waals surface area contributed by atoms with E-state index in [9.17, 15) is 20.0 Å². The maximum atomic E-state index is 12.0. The number of ether oxygens (including phenoxy) is 1. The first-order valence-corrected chi connectivity index (χ1v) is 13.3. The van der Waals surface area contributed by atoms with E-state index in [1.54, 1.807) is 13.2 Å². The van der Waals surface area contributed by atoms with Gasteiger partial charge in [-0.05, 0) is 41.0 Å². The maximum Gasteiger partial charge on any atom is 0.352 e. The Hall–Kier alpha value is -5.35. The van der Waals surface area contributed by atoms with Crippen LogP contribution in [-0.2, 0) is 11.2 Å². The van der Waals surface area contributed by atoms with Gasteiger partial charge in [-0.3, -0.25) is 15.5 Å². The molecular weight excluding hydrogens is 540 g/mol. The van der Waals surface area contributed by atoms with Crippen molar-refractivity contribution >= 4 is 33.8 Å². The molecule has 1 aromatic heterocycles. The second kappa shape index (κ2) is 12.2. The molecule has 9 nitrogen and oxygen atoms in total. The van der Waals surface area contributed by atoms with Crippen molar-refractivity contribution in [1.82, 2.24) is 4.98 Å². The Morgan fingerprint density at radius 1 is 0.902 bits per heavy atom. The minimum absolute atomic E-state index is 0.168. The van der Waals surface area contributed by atoms with Crippen LogP contribution in [0.15, 0.2) is 108 Å². The minimum Gasteiger partial charge on any atom is -0.497 e. The van der Waals surface area contributed by atoms with E-state index in [1.807, 2.05) is 78.9 Å². The largest absolute Gasteiger partial charge is 0.497 e. The van der Waals surface area contributed by atoms with Crippen molar-refractivity contribution in [2.75, 3.05) is 12.5 Å². The van der Waals surface area contributed by atoms with Crippen LogP contribution in [0.1, 0.15) is 5.56 Å². The molecule has 10 heteroatoms. The first kappa shape index (κ1) is 27.2. The topological polar surface area (TPSA) is 127 Å². The molecule has 5 rings (SSSR count). The van der Waals surface area contributed by atoms with Crippen molar-refractivity contribution < 1.29 is 19.6 Å². The number of anilines is 1. The number of methoxy groups -OCH3 is 1. The highest BCUT2D eigenvalue weighted by Gasteiger charge is 2.20. The van der Waals surface area contributed by atoms with Gasteiger partial charge in [0.2, 0.25) is 5.13 Å². The normalized spacial score (nSPS) is 11.2. The number of carboxylic acid groups (broad SMARTS) is 1. The molecule has 0 unspecified atom stereocenters. The lowest BCUT2D eigenvalue weighted by Gasteiger charge is -2.06. The van der Waals surface area contributed by atoms with Crippen LogP contribution in [-0.4, -0.2) is 33.8 Å². The Bertz CT molecular complexity index is 1720. The number of nitro groups is 1. The first-order valence-electron chi connectivity index (χ1n) is 12.5. The van der Waals surface area contributed by atoms with E-state index in [4.69, 9.17) is 9.72 Å². The molecule has 204 valence electrons. The standard InChI is InChI=1S/C31H24N4O5S/c1-40-25-17-15-23(16-18-25)29-28(22-13-11-21(12-14-22)20-7-3-2-4-8-20)32-31(41-29)34-33-26(30(36)37)19-24-9-5-6-10-27(24)35(38)39/h2-18H,19H2,1H3,(H,32,34)(H,36,37)/b33-26+. The molecule has 0 bridgehead atoms. The van der Waals surface area contributed by atoms with E-state index in [0.717, 1.165) is 32.9 Å². The lowest BCUT2D eigenvalue weighted by molar-refractivity contribution is -0.385. The predicted molar refractivity (Wildman–Crippen MR) is 160 cm³/mol. The second-order valence-electron chi connectivity index (χ2n) is 8.91. The third kappa shape index (κ3) is 6.29. The van der Waals surface area contributed by atoms with Gasteiger partial charge in [0.25, 0.3) is 5.69 Å². The van der Waals surface area contributed by atoms with Gasteiger partial charge in [0.1, 0.15) is 11.5 Å². The molecule has 5 aromatic rings. The van der Waals surface area contributed by atoms with Gasteiger partial charge in [-0.1, -0.05) is 84.1 Å². The minimum atomic E-state index is -1.29. The monoisotopic (exact) mass is 564 g/mol. The van der Waals surface area contributed by atoms with Crippen LogP contribution < -0.4 is 10.2 Å². The number of para-hydroxylation sites is 1. The number of nitro benzene ring substituents is 1. The van der Waals surface area contributed by atoms with E-state index in [2.05, 4.69) is 10.5 Å². The number of nitrogens with one attached hydrogen (secondary N) is 1. The molecule has 0 spiro atoms. The Morgan fingerprint density at radius 3 is 2.17 bits per heavy atom. The molecule has 0 aliphatic carbocycles. The third-order valence-electron chi connectivity index (χ3n) is 6.32. The first-order chi connectivity index (χ1) is 19.9. The molecule has 41 heavy (non-hydrogen) atoms. The van der Waals surface area contributed by atoms with Crippen LogP contribution in [0.2, 0.25) is 0 Å². The molecule has 0 saturated carbocycles. The number of aromatic nitrogens is 1. The van der Waals surface area contributed by atoms with Crippen LogP contribution in [0.25, 0.3) is 32.8 Å². The Morgan fingerprint density at radius 2 is 1.51 bits per heavy atom. The van der Waals surface area contributed by atoms with Crippen LogP contribution >= 0.6 is 11.3 Å². The van der Waals surface area contributed by atoms with Crippen molar-refractivity contribution in [2.45, 2.75) is 6.42 Å². The summed E-state index contributed by atoms with van der Waals surface area (Å²) in [5.74, 6) is -0.574. The van der Waals surface area contributed by atoms with Gasteiger partial charge in [0.05, 0.1) is 22.6 Å². The highest BCUT2D eigenvalue weighted by molar-refractivity contribution is 7.19. The van der Waals surface area contributed by atoms with Gasteiger partial charge in [-0.2, -0.15) is 5.10 Å². The number of benzene rings is 4. The lowest BCUT2D eigenvalue weighted by Crippen LogP contribution is -2.18. The van der Waals surface area contributed by atoms with E-state index in [0.29, 0.717) is 10.8 Å². The van der Waals surface area contributed by atoms with Crippen molar-refractivity contribution in [3.05, 3.63) is 119 Å². The van der Waals surface area contributed by atoms with Crippen molar-refractivity contribution in [3.63, 3.8) is 0 Å². The number of thiazole rings is 1. The quantitative estimate of drug-likeness (QED) is 0.105. The van der Waals surface area contributed by atoms with E-state index in [-0.39, 0.29) is 23.4 Å². The number of hydrazone groups is 1. The summed E-state index contributed by atoms with van der Waals surface area (Å²) in [6.45, 7) is 0. The van der Waals surface area contributed by atoms with E-state index >= 15 is 0 Å². The SMILES string of the molecule is COc1ccc(-c2sc(N/N=C(\Cc3ccccc3[N+](=O)[O-])C(=O)O)nc2-c2ccc(-c3ccccc3)cc2)cc1. The number of carboxylic acids is 1. The molecule has 2 N–H and O–H groups in total. The number of carbonyl (C=O) groups is 1. The smallest absolute Gasteiger partial charge is 0.352 e. The van der Waals surface area contributed by atoms with Gasteiger partial charge in [0, 0.05) is 23.6 Å². The summed E-state index contributed by atoms with van der Waals surface area (Å²) in [5.41, 5.74) is 7.22. The zero-order valence-electron chi connectivity index (χ0n) is 21.9. The predicted octanol–water partition coefficient (Wildman–Crippen LogP) is 7.16. The number of hydrogen-bond donors (Lipinski definition) is 2. The van der Waals surface area contributed by atoms with E-state index < -0.39 is 10.9 Å². The van der Waals surface area contributed by atoms with Crippen molar-refractivity contribution in [1.29, 1.82) is 0 Å². The molecular formula is C31H24N4O5S. The van der Waals surface area contributed by atoms with Crippen LogP contribution in [0, 0.1) is 10.1 Å². The Labute approximate surface area is 239 Å². The molecule has 0 aliphatic rings. The fourth-order valence-corrected chi connectivity index (χ4v) is 5.19. The molecule has 1 heterocycles. The molecule has 0 fully saturated rings. The summed E-state index contributed by atoms with van der Waals surface area (Å²) < 4.78 is 5.30. The Kier molecular flexibility index (Phi) is 8.12. The maximum absolute atomic E-state index is 12.0. The molecule has 0 aliphatic heterocycles. The van der Waals surface area contributed by atoms with Gasteiger partial charge in [-0.25, -0.2) is 9.78 Å². The summed E-state index contributed by atoms with van der Waals surface area (Å²) in [7, 11) is 1.60. The number of rotatable bonds is 10. The van der Waals surface area contributed by atoms with Gasteiger partial charge in [0.15, 0.2) is 0 Å². The average molecular weight is 565 g/mol. The van der Waals surface area contributed by atoms with Crippen molar-refractivity contribution in [2.24, 2.45) is 5.10 Å². The van der Waals surface area contributed by atoms with Crippen molar-refractivity contribution in [3.8, 4) is 38.6 Å².